The maximum absolute atomic E-state index is 11.0. The summed E-state index contributed by atoms with van der Waals surface area (Å²) in [6.07, 6.45) is -36.6. The lowest BCUT2D eigenvalue weighted by atomic mass is 9.96. The molecule has 0 amide bonds. The number of rotatable bonds is 10. The molecule has 4 aliphatic rings. The van der Waals surface area contributed by atoms with Crippen LogP contribution in [0.1, 0.15) is 0 Å². The van der Waals surface area contributed by atoms with Crippen LogP contribution in [0.15, 0.2) is 0 Å². The van der Waals surface area contributed by atoms with Gasteiger partial charge in [0.05, 0.1) is 26.4 Å². The Hall–Kier alpha value is -0.840. The lowest BCUT2D eigenvalue weighted by Crippen LogP contribution is -2.68. The first-order chi connectivity index (χ1) is 21.3. The summed E-state index contributed by atoms with van der Waals surface area (Å²) >= 11 is 0. The van der Waals surface area contributed by atoms with Crippen LogP contribution in [-0.4, -0.2) is 221 Å². The van der Waals surface area contributed by atoms with Gasteiger partial charge in [-0.25, -0.2) is 0 Å². The molecule has 0 aliphatic carbocycles. The molecule has 0 bridgehead atoms. The molecule has 21 heteroatoms. The standard InChI is InChI=1S/C24H42O21/c25-1-5-9(29)13(33)16(36)22(40-5)44-19-14(34)10(30)7(3-27)42-24(19)45-20-15(35)11(31)6(2-26)41-23(20)43-18-12(32)8(4-28)39-21(38)17(18)37/h5-38H,1-4H2/t5-,6-,7-,8-,9-,10-,11-,12-,13+,14+,15+,16+,17+,18+,19+,20+,21+,22+,23+,24-/m1/s1. The van der Waals surface area contributed by atoms with E-state index in [4.69, 9.17) is 33.2 Å². The Bertz CT molecular complexity index is 916. The molecule has 20 atom stereocenters. The molecule has 45 heavy (non-hydrogen) atoms. The van der Waals surface area contributed by atoms with E-state index in [1.54, 1.807) is 0 Å². The maximum atomic E-state index is 11.0. The van der Waals surface area contributed by atoms with Gasteiger partial charge in [-0.1, -0.05) is 0 Å². The zero-order valence-corrected chi connectivity index (χ0v) is 23.5. The van der Waals surface area contributed by atoms with Crippen LogP contribution >= 0.6 is 0 Å². The van der Waals surface area contributed by atoms with Crippen molar-refractivity contribution in [2.45, 2.75) is 123 Å². The summed E-state index contributed by atoms with van der Waals surface area (Å²) in [6, 6.07) is 0. The van der Waals surface area contributed by atoms with E-state index < -0.39 is 149 Å². The Balaban J connectivity index is 1.63. The van der Waals surface area contributed by atoms with Gasteiger partial charge in [0.1, 0.15) is 97.7 Å². The zero-order valence-electron chi connectivity index (χ0n) is 23.5. The molecule has 4 saturated heterocycles. The fourth-order valence-electron chi connectivity index (χ4n) is 5.49. The van der Waals surface area contributed by atoms with E-state index in [0.29, 0.717) is 0 Å². The van der Waals surface area contributed by atoms with Gasteiger partial charge < -0.3 is 105 Å². The molecular formula is C24H42O21. The van der Waals surface area contributed by atoms with Crippen molar-refractivity contribution in [1.82, 2.24) is 0 Å². The topological polar surface area (TPSA) is 348 Å². The van der Waals surface area contributed by atoms with Gasteiger partial charge in [-0.3, -0.25) is 0 Å². The Morgan fingerprint density at radius 2 is 0.689 bits per heavy atom. The van der Waals surface area contributed by atoms with Gasteiger partial charge in [-0.2, -0.15) is 0 Å². The second-order valence-electron chi connectivity index (χ2n) is 11.1. The molecular weight excluding hydrogens is 624 g/mol. The summed E-state index contributed by atoms with van der Waals surface area (Å²) < 4.78 is 38.2. The van der Waals surface area contributed by atoms with Gasteiger partial charge in [0.25, 0.3) is 0 Å². The summed E-state index contributed by atoms with van der Waals surface area (Å²) in [5.74, 6) is 0. The monoisotopic (exact) mass is 666 g/mol. The van der Waals surface area contributed by atoms with Crippen LogP contribution in [0.2, 0.25) is 0 Å². The summed E-state index contributed by atoms with van der Waals surface area (Å²) in [5, 5.41) is 143. The lowest BCUT2D eigenvalue weighted by Gasteiger charge is -2.49. The molecule has 0 saturated carbocycles. The molecule has 4 aliphatic heterocycles. The van der Waals surface area contributed by atoms with E-state index in [-0.39, 0.29) is 0 Å². The third kappa shape index (κ3) is 7.44. The molecule has 0 spiro atoms. The van der Waals surface area contributed by atoms with Crippen molar-refractivity contribution >= 4 is 0 Å². The molecule has 14 N–H and O–H groups in total. The van der Waals surface area contributed by atoms with Crippen molar-refractivity contribution in [2.75, 3.05) is 26.4 Å². The molecule has 4 rings (SSSR count). The maximum Gasteiger partial charge on any atom is 0.187 e. The molecule has 0 aromatic rings. The molecule has 0 radical (unpaired) electrons. The van der Waals surface area contributed by atoms with Crippen molar-refractivity contribution in [3.63, 3.8) is 0 Å². The van der Waals surface area contributed by atoms with E-state index in [9.17, 15) is 71.5 Å². The first kappa shape index (κ1) is 37.0. The van der Waals surface area contributed by atoms with E-state index in [2.05, 4.69) is 0 Å². The van der Waals surface area contributed by atoms with Crippen LogP contribution in [0.25, 0.3) is 0 Å². The summed E-state index contributed by atoms with van der Waals surface area (Å²) in [5.41, 5.74) is 0. The minimum atomic E-state index is -2.03. The van der Waals surface area contributed by atoms with Crippen LogP contribution in [-0.2, 0) is 33.2 Å². The minimum Gasteiger partial charge on any atom is -0.394 e. The second-order valence-corrected chi connectivity index (χ2v) is 11.1. The van der Waals surface area contributed by atoms with Crippen LogP contribution < -0.4 is 0 Å². The highest BCUT2D eigenvalue weighted by molar-refractivity contribution is 4.97. The number of aliphatic hydroxyl groups is 14. The van der Waals surface area contributed by atoms with Gasteiger partial charge in [0.15, 0.2) is 25.2 Å². The third-order valence-corrected chi connectivity index (χ3v) is 8.21. The van der Waals surface area contributed by atoms with Crippen molar-refractivity contribution in [3.8, 4) is 0 Å². The predicted octanol–water partition coefficient (Wildman–Crippen LogP) is -9.75. The van der Waals surface area contributed by atoms with Crippen molar-refractivity contribution in [3.05, 3.63) is 0 Å². The first-order valence-corrected chi connectivity index (χ1v) is 14.1. The van der Waals surface area contributed by atoms with Crippen LogP contribution in [0, 0.1) is 0 Å². The summed E-state index contributed by atoms with van der Waals surface area (Å²) in [7, 11) is 0. The Morgan fingerprint density at radius 1 is 0.333 bits per heavy atom. The fraction of sp³-hybridized carbons (Fsp3) is 1.00. The molecule has 264 valence electrons. The highest BCUT2D eigenvalue weighted by atomic mass is 16.8. The quantitative estimate of drug-likeness (QED) is 0.103. The highest BCUT2D eigenvalue weighted by Crippen LogP contribution is 2.34. The predicted molar refractivity (Wildman–Crippen MR) is 134 cm³/mol. The van der Waals surface area contributed by atoms with Gasteiger partial charge >= 0.3 is 0 Å². The number of ether oxygens (including phenoxy) is 7. The third-order valence-electron chi connectivity index (χ3n) is 8.21. The van der Waals surface area contributed by atoms with Crippen molar-refractivity contribution < 1.29 is 105 Å². The molecule has 21 nitrogen and oxygen atoms in total. The molecule has 4 fully saturated rings. The SMILES string of the molecule is OC[C@H]1O[C@@H](O[C@@H]2[C@@H](O[C@@H]3[C@H](O[C@@H]4[C@H](O)[C@@H](O)O[C@H](CO)[C@H]4O)O[C@H](CO)[C@@H](O)[C@@H]3O)O[C@H](CO)[C@@H](O)[C@@H]2O)[C@@H](O)[C@@H](O)[C@@H]1O. The van der Waals surface area contributed by atoms with Crippen LogP contribution in [0.4, 0.5) is 0 Å². The smallest absolute Gasteiger partial charge is 0.187 e. The number of hydrogen-bond acceptors (Lipinski definition) is 21. The summed E-state index contributed by atoms with van der Waals surface area (Å²) in [6.45, 7) is -3.45. The Kier molecular flexibility index (Phi) is 12.8. The highest BCUT2D eigenvalue weighted by Gasteiger charge is 2.55. The number of hydrogen-bond donors (Lipinski definition) is 14. The van der Waals surface area contributed by atoms with E-state index >= 15 is 0 Å². The second kappa shape index (κ2) is 15.6. The average Bonchev–Trinajstić information content (AvgIpc) is 3.03. The average molecular weight is 667 g/mol. The molecule has 0 aromatic carbocycles. The van der Waals surface area contributed by atoms with Gasteiger partial charge in [0, 0.05) is 0 Å². The van der Waals surface area contributed by atoms with Crippen molar-refractivity contribution in [2.24, 2.45) is 0 Å². The fourth-order valence-corrected chi connectivity index (χ4v) is 5.49. The molecule has 0 unspecified atom stereocenters. The first-order valence-electron chi connectivity index (χ1n) is 14.1. The van der Waals surface area contributed by atoms with Crippen LogP contribution in [0.3, 0.4) is 0 Å². The van der Waals surface area contributed by atoms with Gasteiger partial charge in [0.2, 0.25) is 0 Å². The Morgan fingerprint density at radius 3 is 1.13 bits per heavy atom. The summed E-state index contributed by atoms with van der Waals surface area (Å²) in [4.78, 5) is 0. The van der Waals surface area contributed by atoms with Gasteiger partial charge in [-0.05, 0) is 0 Å². The largest absolute Gasteiger partial charge is 0.394 e. The number of aliphatic hydroxyl groups excluding tert-OH is 14. The van der Waals surface area contributed by atoms with Crippen LogP contribution in [0.5, 0.6) is 0 Å². The van der Waals surface area contributed by atoms with E-state index in [1.165, 1.54) is 0 Å². The normalized spacial score (nSPS) is 52.9. The molecule has 0 aromatic heterocycles. The zero-order chi connectivity index (χ0) is 33.3. The van der Waals surface area contributed by atoms with Gasteiger partial charge in [-0.15, -0.1) is 0 Å². The van der Waals surface area contributed by atoms with E-state index in [0.717, 1.165) is 0 Å². The van der Waals surface area contributed by atoms with E-state index in [1.807, 2.05) is 0 Å². The molecule has 4 heterocycles. The lowest BCUT2D eigenvalue weighted by molar-refractivity contribution is -0.403. The van der Waals surface area contributed by atoms with Crippen molar-refractivity contribution in [1.29, 1.82) is 0 Å². The minimum absolute atomic E-state index is 0.827. The Labute approximate surface area is 254 Å².